The second-order valence-electron chi connectivity index (χ2n) is 5.84. The number of nitrogens with one attached hydrogen (secondary N) is 1. The maximum atomic E-state index is 5.36. The first-order valence-corrected chi connectivity index (χ1v) is 8.70. The van der Waals surface area contributed by atoms with Crippen LogP contribution in [-0.2, 0) is 0 Å². The van der Waals surface area contributed by atoms with Crippen molar-refractivity contribution in [2.24, 2.45) is 0 Å². The predicted molar refractivity (Wildman–Crippen MR) is 102 cm³/mol. The van der Waals surface area contributed by atoms with Crippen LogP contribution >= 0.6 is 0 Å². The molecule has 2 aromatic rings. The standard InChI is InChI=1S/C19H28N4O2/c1-6-10-23(11-7-2)19-13-18(20-14(3)21-19)22-15-8-9-16(24-4)17(12-15)25-5/h8-9,12-13H,6-7,10-11H2,1-5H3,(H,20,21,22). The molecular weight excluding hydrogens is 316 g/mol. The van der Waals surface area contributed by atoms with Gasteiger partial charge >= 0.3 is 0 Å². The molecule has 0 aliphatic heterocycles. The van der Waals surface area contributed by atoms with E-state index in [4.69, 9.17) is 9.47 Å². The Morgan fingerprint density at radius 3 is 2.24 bits per heavy atom. The van der Waals surface area contributed by atoms with Gasteiger partial charge in [-0.2, -0.15) is 0 Å². The van der Waals surface area contributed by atoms with E-state index in [2.05, 4.69) is 34.0 Å². The summed E-state index contributed by atoms with van der Waals surface area (Å²) in [6.07, 6.45) is 2.17. The zero-order valence-electron chi connectivity index (χ0n) is 15.8. The lowest BCUT2D eigenvalue weighted by Gasteiger charge is -2.23. The number of anilines is 3. The van der Waals surface area contributed by atoms with Gasteiger partial charge in [0.05, 0.1) is 14.2 Å². The highest BCUT2D eigenvalue weighted by atomic mass is 16.5. The molecule has 0 bridgehead atoms. The third kappa shape index (κ3) is 4.98. The lowest BCUT2D eigenvalue weighted by atomic mass is 10.2. The quantitative estimate of drug-likeness (QED) is 0.737. The second kappa shape index (κ2) is 9.11. The Labute approximate surface area is 150 Å². The van der Waals surface area contributed by atoms with Gasteiger partial charge in [-0.25, -0.2) is 9.97 Å². The Morgan fingerprint density at radius 1 is 0.960 bits per heavy atom. The number of rotatable bonds is 9. The average molecular weight is 344 g/mol. The summed E-state index contributed by atoms with van der Waals surface area (Å²) in [6.45, 7) is 8.25. The van der Waals surface area contributed by atoms with Crippen LogP contribution in [0.2, 0.25) is 0 Å². The monoisotopic (exact) mass is 344 g/mol. The van der Waals surface area contributed by atoms with Crippen LogP contribution in [-0.4, -0.2) is 37.3 Å². The van der Waals surface area contributed by atoms with Gasteiger partial charge in [0.25, 0.3) is 0 Å². The topological polar surface area (TPSA) is 59.5 Å². The molecule has 0 spiro atoms. The molecule has 0 fully saturated rings. The summed E-state index contributed by atoms with van der Waals surface area (Å²) in [5.41, 5.74) is 0.888. The molecule has 1 aromatic carbocycles. The van der Waals surface area contributed by atoms with Crippen molar-refractivity contribution in [3.63, 3.8) is 0 Å². The van der Waals surface area contributed by atoms with Crippen LogP contribution in [0.5, 0.6) is 11.5 Å². The zero-order chi connectivity index (χ0) is 18.2. The van der Waals surface area contributed by atoms with Gasteiger partial charge in [-0.15, -0.1) is 0 Å². The smallest absolute Gasteiger partial charge is 0.162 e. The number of hydrogen-bond acceptors (Lipinski definition) is 6. The highest BCUT2D eigenvalue weighted by Gasteiger charge is 2.10. The van der Waals surface area contributed by atoms with Gasteiger partial charge in [0.1, 0.15) is 17.5 Å². The molecule has 1 heterocycles. The number of hydrogen-bond donors (Lipinski definition) is 1. The number of ether oxygens (including phenoxy) is 2. The van der Waals surface area contributed by atoms with Gasteiger partial charge in [0.15, 0.2) is 11.5 Å². The Morgan fingerprint density at radius 2 is 1.64 bits per heavy atom. The first-order valence-electron chi connectivity index (χ1n) is 8.70. The van der Waals surface area contributed by atoms with E-state index in [0.717, 1.165) is 49.1 Å². The molecule has 1 N–H and O–H groups in total. The van der Waals surface area contributed by atoms with E-state index in [0.29, 0.717) is 11.5 Å². The zero-order valence-corrected chi connectivity index (χ0v) is 15.8. The lowest BCUT2D eigenvalue weighted by Crippen LogP contribution is -2.26. The largest absolute Gasteiger partial charge is 0.493 e. The van der Waals surface area contributed by atoms with Gasteiger partial charge in [0.2, 0.25) is 0 Å². The van der Waals surface area contributed by atoms with Crippen LogP contribution in [0, 0.1) is 6.92 Å². The predicted octanol–water partition coefficient (Wildman–Crippen LogP) is 4.17. The molecular formula is C19H28N4O2. The SMILES string of the molecule is CCCN(CCC)c1cc(Nc2ccc(OC)c(OC)c2)nc(C)n1. The van der Waals surface area contributed by atoms with E-state index < -0.39 is 0 Å². The van der Waals surface area contributed by atoms with Crippen LogP contribution in [0.4, 0.5) is 17.3 Å². The summed E-state index contributed by atoms with van der Waals surface area (Å²) in [6, 6.07) is 7.70. The summed E-state index contributed by atoms with van der Waals surface area (Å²) in [5.74, 6) is 3.85. The van der Waals surface area contributed by atoms with Gasteiger partial charge in [-0.05, 0) is 31.9 Å². The van der Waals surface area contributed by atoms with Gasteiger partial charge < -0.3 is 19.7 Å². The molecule has 0 radical (unpaired) electrons. The molecule has 0 unspecified atom stereocenters. The molecule has 6 heteroatoms. The summed E-state index contributed by atoms with van der Waals surface area (Å²) >= 11 is 0. The highest BCUT2D eigenvalue weighted by molar-refractivity contribution is 5.63. The molecule has 2 rings (SSSR count). The van der Waals surface area contributed by atoms with E-state index >= 15 is 0 Å². The van der Waals surface area contributed by atoms with Crippen LogP contribution in [0.3, 0.4) is 0 Å². The molecule has 6 nitrogen and oxygen atoms in total. The fourth-order valence-electron chi connectivity index (χ4n) is 2.72. The molecule has 1 aromatic heterocycles. The molecule has 0 saturated heterocycles. The fourth-order valence-corrected chi connectivity index (χ4v) is 2.72. The highest BCUT2D eigenvalue weighted by Crippen LogP contribution is 2.31. The first kappa shape index (κ1) is 18.8. The van der Waals surface area contributed by atoms with E-state index in [1.807, 2.05) is 31.2 Å². The Kier molecular flexibility index (Phi) is 6.86. The van der Waals surface area contributed by atoms with E-state index in [1.54, 1.807) is 14.2 Å². The minimum absolute atomic E-state index is 0.678. The van der Waals surface area contributed by atoms with Crippen molar-refractivity contribution in [2.45, 2.75) is 33.6 Å². The van der Waals surface area contributed by atoms with Crippen LogP contribution in [0.1, 0.15) is 32.5 Å². The van der Waals surface area contributed by atoms with Crippen molar-refractivity contribution < 1.29 is 9.47 Å². The van der Waals surface area contributed by atoms with Crippen molar-refractivity contribution in [2.75, 3.05) is 37.5 Å². The maximum Gasteiger partial charge on any atom is 0.162 e. The number of nitrogens with zero attached hydrogens (tertiary/aromatic N) is 3. The molecule has 0 atom stereocenters. The normalized spacial score (nSPS) is 10.4. The van der Waals surface area contributed by atoms with Crippen molar-refractivity contribution in [1.29, 1.82) is 0 Å². The number of aromatic nitrogens is 2. The number of methoxy groups -OCH3 is 2. The maximum absolute atomic E-state index is 5.36. The summed E-state index contributed by atoms with van der Waals surface area (Å²) in [5, 5.41) is 3.34. The summed E-state index contributed by atoms with van der Waals surface area (Å²) in [7, 11) is 3.25. The van der Waals surface area contributed by atoms with Crippen LogP contribution < -0.4 is 19.7 Å². The Balaban J connectivity index is 2.27. The van der Waals surface area contributed by atoms with Crippen LogP contribution in [0.15, 0.2) is 24.3 Å². The first-order chi connectivity index (χ1) is 12.1. The van der Waals surface area contributed by atoms with Gasteiger partial charge in [-0.1, -0.05) is 13.8 Å². The van der Waals surface area contributed by atoms with Gasteiger partial charge in [0, 0.05) is 30.9 Å². The third-order valence-electron chi connectivity index (χ3n) is 3.79. The fraction of sp³-hybridized carbons (Fsp3) is 0.474. The second-order valence-corrected chi connectivity index (χ2v) is 5.84. The third-order valence-corrected chi connectivity index (χ3v) is 3.79. The average Bonchev–Trinajstić information content (AvgIpc) is 2.61. The minimum Gasteiger partial charge on any atom is -0.493 e. The Hall–Kier alpha value is -2.50. The Bertz CT molecular complexity index is 685. The number of benzene rings is 1. The minimum atomic E-state index is 0.678. The van der Waals surface area contributed by atoms with Gasteiger partial charge in [-0.3, -0.25) is 0 Å². The molecule has 0 aliphatic rings. The van der Waals surface area contributed by atoms with Crippen molar-refractivity contribution in [3.05, 3.63) is 30.1 Å². The molecule has 0 saturated carbocycles. The molecule has 136 valence electrons. The lowest BCUT2D eigenvalue weighted by molar-refractivity contribution is 0.355. The van der Waals surface area contributed by atoms with Crippen LogP contribution in [0.25, 0.3) is 0 Å². The van der Waals surface area contributed by atoms with E-state index in [-0.39, 0.29) is 0 Å². The molecule has 0 aliphatic carbocycles. The van der Waals surface area contributed by atoms with Crippen molar-refractivity contribution in [3.8, 4) is 11.5 Å². The van der Waals surface area contributed by atoms with E-state index in [1.165, 1.54) is 0 Å². The van der Waals surface area contributed by atoms with Crippen molar-refractivity contribution >= 4 is 17.3 Å². The number of aryl methyl sites for hydroxylation is 1. The van der Waals surface area contributed by atoms with Crippen molar-refractivity contribution in [1.82, 2.24) is 9.97 Å². The summed E-state index contributed by atoms with van der Waals surface area (Å²) < 4.78 is 10.6. The molecule has 25 heavy (non-hydrogen) atoms. The molecule has 0 amide bonds. The van der Waals surface area contributed by atoms with E-state index in [9.17, 15) is 0 Å². The summed E-state index contributed by atoms with van der Waals surface area (Å²) in [4.78, 5) is 11.4.